The van der Waals surface area contributed by atoms with Crippen molar-refractivity contribution >= 4 is 23.1 Å². The molecule has 30 heavy (non-hydrogen) atoms. The second-order valence-electron chi connectivity index (χ2n) is 8.24. The molecule has 0 saturated carbocycles. The third-order valence-electron chi connectivity index (χ3n) is 5.38. The van der Waals surface area contributed by atoms with E-state index in [1.165, 1.54) is 19.1 Å². The van der Waals surface area contributed by atoms with E-state index in [9.17, 15) is 23.6 Å². The lowest BCUT2D eigenvalue weighted by atomic mass is 9.86. The van der Waals surface area contributed by atoms with Crippen molar-refractivity contribution < 1.29 is 23.6 Å². The Balaban J connectivity index is 0.000000654. The minimum atomic E-state index is -0.458. The summed E-state index contributed by atoms with van der Waals surface area (Å²) >= 11 is 0. The van der Waals surface area contributed by atoms with Crippen molar-refractivity contribution in [1.29, 1.82) is 0 Å². The molecular weight excluding hydrogens is 383 g/mol. The van der Waals surface area contributed by atoms with E-state index >= 15 is 0 Å². The first-order valence-electron chi connectivity index (χ1n) is 10.8. The van der Waals surface area contributed by atoms with Gasteiger partial charge in [-0.25, -0.2) is 4.39 Å². The number of carbonyl (C=O) groups excluding carboxylic acids is 4. The molecule has 0 aliphatic rings. The first-order valence-corrected chi connectivity index (χ1v) is 10.8. The molecule has 0 fully saturated rings. The van der Waals surface area contributed by atoms with Crippen LogP contribution in [-0.2, 0) is 9.59 Å². The van der Waals surface area contributed by atoms with Gasteiger partial charge in [-0.15, -0.1) is 0 Å². The van der Waals surface area contributed by atoms with Crippen molar-refractivity contribution in [2.75, 3.05) is 0 Å². The van der Waals surface area contributed by atoms with E-state index < -0.39 is 5.82 Å². The fraction of sp³-hybridized carbons (Fsp3) is 0.600. The minimum Gasteiger partial charge on any atom is -0.300 e. The second kappa shape index (κ2) is 13.2. The molecular formula is C25H37FO4. The Kier molecular flexibility index (Phi) is 12.2. The second-order valence-corrected chi connectivity index (χ2v) is 8.24. The fourth-order valence-electron chi connectivity index (χ4n) is 2.88. The predicted octanol–water partition coefficient (Wildman–Crippen LogP) is 6.35. The number of Topliss-reactive ketones (excluding diaryl/α,β-unsaturated/α-hetero) is 4. The van der Waals surface area contributed by atoms with Gasteiger partial charge in [0, 0.05) is 35.8 Å². The Labute approximate surface area is 180 Å². The van der Waals surface area contributed by atoms with Crippen molar-refractivity contribution in [3.8, 4) is 0 Å². The van der Waals surface area contributed by atoms with E-state index in [1.807, 2.05) is 34.6 Å². The highest BCUT2D eigenvalue weighted by atomic mass is 19.1. The number of carbonyl (C=O) groups is 4. The van der Waals surface area contributed by atoms with Gasteiger partial charge in [0.25, 0.3) is 0 Å². The molecule has 0 bridgehead atoms. The van der Waals surface area contributed by atoms with Crippen molar-refractivity contribution in [2.45, 2.75) is 87.0 Å². The molecule has 2 unspecified atom stereocenters. The largest absolute Gasteiger partial charge is 0.300 e. The van der Waals surface area contributed by atoms with Gasteiger partial charge in [-0.05, 0) is 50.3 Å². The van der Waals surface area contributed by atoms with Crippen molar-refractivity contribution in [3.05, 3.63) is 34.6 Å². The molecule has 0 saturated heterocycles. The minimum absolute atomic E-state index is 0.00178. The van der Waals surface area contributed by atoms with Crippen LogP contribution >= 0.6 is 0 Å². The smallest absolute Gasteiger partial charge is 0.166 e. The highest BCUT2D eigenvalue weighted by Crippen LogP contribution is 2.27. The molecule has 0 aliphatic heterocycles. The Morgan fingerprint density at radius 3 is 1.90 bits per heavy atom. The molecule has 0 heterocycles. The molecule has 0 spiro atoms. The van der Waals surface area contributed by atoms with Crippen LogP contribution in [0.2, 0.25) is 0 Å². The van der Waals surface area contributed by atoms with Crippen LogP contribution in [0.3, 0.4) is 0 Å². The summed E-state index contributed by atoms with van der Waals surface area (Å²) in [5, 5.41) is 0. The fourth-order valence-corrected chi connectivity index (χ4v) is 2.88. The third-order valence-corrected chi connectivity index (χ3v) is 5.38. The van der Waals surface area contributed by atoms with E-state index in [1.54, 1.807) is 13.8 Å². The average molecular weight is 421 g/mol. The van der Waals surface area contributed by atoms with Gasteiger partial charge in [-0.2, -0.15) is 0 Å². The van der Waals surface area contributed by atoms with Crippen LogP contribution < -0.4 is 0 Å². The lowest BCUT2D eigenvalue weighted by Gasteiger charge is -2.17. The molecule has 1 rings (SSSR count). The topological polar surface area (TPSA) is 68.3 Å². The lowest BCUT2D eigenvalue weighted by Crippen LogP contribution is -2.17. The van der Waals surface area contributed by atoms with E-state index in [4.69, 9.17) is 0 Å². The normalized spacial score (nSPS) is 12.6. The number of ketones is 4. The molecule has 0 aromatic heterocycles. The van der Waals surface area contributed by atoms with E-state index in [-0.39, 0.29) is 46.5 Å². The van der Waals surface area contributed by atoms with Gasteiger partial charge < -0.3 is 0 Å². The SMILES string of the molecule is CCC(=O)CCC(C)C(C)=O.CCC(C)C(=O)c1cc(F)cc(C(C)C)c1C(C)=O. The van der Waals surface area contributed by atoms with Gasteiger partial charge in [0.2, 0.25) is 0 Å². The lowest BCUT2D eigenvalue weighted by molar-refractivity contribution is -0.121. The number of benzene rings is 1. The van der Waals surface area contributed by atoms with E-state index in [2.05, 4.69) is 0 Å². The highest BCUT2D eigenvalue weighted by molar-refractivity contribution is 6.09. The van der Waals surface area contributed by atoms with Crippen LogP contribution in [-0.4, -0.2) is 23.1 Å². The maximum absolute atomic E-state index is 13.7. The molecule has 0 radical (unpaired) electrons. The predicted molar refractivity (Wildman–Crippen MR) is 119 cm³/mol. The summed E-state index contributed by atoms with van der Waals surface area (Å²) in [6, 6.07) is 2.55. The summed E-state index contributed by atoms with van der Waals surface area (Å²) in [6.45, 7) is 14.2. The van der Waals surface area contributed by atoms with Crippen LogP contribution in [0.25, 0.3) is 0 Å². The Bertz CT molecular complexity index is 765. The van der Waals surface area contributed by atoms with Gasteiger partial charge in [-0.1, -0.05) is 41.5 Å². The molecule has 168 valence electrons. The van der Waals surface area contributed by atoms with E-state index in [0.29, 0.717) is 36.8 Å². The summed E-state index contributed by atoms with van der Waals surface area (Å²) in [6.07, 6.45) is 2.52. The maximum atomic E-state index is 13.7. The molecule has 1 aromatic rings. The zero-order valence-corrected chi connectivity index (χ0v) is 19.7. The number of hydrogen-bond acceptors (Lipinski definition) is 4. The molecule has 2 atom stereocenters. The van der Waals surface area contributed by atoms with Gasteiger partial charge in [0.05, 0.1) is 0 Å². The summed E-state index contributed by atoms with van der Waals surface area (Å²) in [5.41, 5.74) is 1.21. The summed E-state index contributed by atoms with van der Waals surface area (Å²) in [5.74, 6) is -0.541. The number of halogens is 1. The standard InChI is InChI=1S/C16H21FO2.C9H16O2/c1-6-10(4)16(19)14-8-12(17)7-13(9(2)3)15(14)11(5)18;1-4-9(11)6-5-7(2)8(3)10/h7-10H,6H2,1-5H3;7H,4-6H2,1-3H3. The monoisotopic (exact) mass is 420 g/mol. The molecule has 1 aromatic carbocycles. The van der Waals surface area contributed by atoms with Gasteiger partial charge in [0.15, 0.2) is 11.6 Å². The van der Waals surface area contributed by atoms with E-state index in [0.717, 1.165) is 0 Å². The molecule has 4 nitrogen and oxygen atoms in total. The Morgan fingerprint density at radius 1 is 0.933 bits per heavy atom. The maximum Gasteiger partial charge on any atom is 0.166 e. The quantitative estimate of drug-likeness (QED) is 0.414. The highest BCUT2D eigenvalue weighted by Gasteiger charge is 2.24. The molecule has 0 amide bonds. The number of rotatable bonds is 10. The Hall–Kier alpha value is -2.17. The van der Waals surface area contributed by atoms with Crippen LogP contribution in [0.1, 0.15) is 113 Å². The zero-order valence-electron chi connectivity index (χ0n) is 19.7. The molecule has 5 heteroatoms. The van der Waals surface area contributed by atoms with Crippen molar-refractivity contribution in [1.82, 2.24) is 0 Å². The summed E-state index contributed by atoms with van der Waals surface area (Å²) in [7, 11) is 0. The first-order chi connectivity index (χ1) is 13.9. The summed E-state index contributed by atoms with van der Waals surface area (Å²) in [4.78, 5) is 45.7. The molecule has 0 N–H and O–H groups in total. The summed E-state index contributed by atoms with van der Waals surface area (Å²) < 4.78 is 13.7. The van der Waals surface area contributed by atoms with Crippen LogP contribution in [0, 0.1) is 17.7 Å². The van der Waals surface area contributed by atoms with Crippen LogP contribution in [0.5, 0.6) is 0 Å². The van der Waals surface area contributed by atoms with Gasteiger partial charge >= 0.3 is 0 Å². The zero-order chi connectivity index (χ0) is 23.6. The Morgan fingerprint density at radius 2 is 1.50 bits per heavy atom. The van der Waals surface area contributed by atoms with Gasteiger partial charge in [-0.3, -0.25) is 19.2 Å². The third kappa shape index (κ3) is 8.68. The van der Waals surface area contributed by atoms with Crippen molar-refractivity contribution in [3.63, 3.8) is 0 Å². The average Bonchev–Trinajstić information content (AvgIpc) is 2.69. The van der Waals surface area contributed by atoms with Crippen LogP contribution in [0.4, 0.5) is 4.39 Å². The first kappa shape index (κ1) is 27.8. The molecule has 0 aliphatic carbocycles. The van der Waals surface area contributed by atoms with Crippen molar-refractivity contribution in [2.24, 2.45) is 11.8 Å². The van der Waals surface area contributed by atoms with Gasteiger partial charge in [0.1, 0.15) is 17.4 Å². The van der Waals surface area contributed by atoms with Crippen LogP contribution in [0.15, 0.2) is 12.1 Å². The number of hydrogen-bond donors (Lipinski definition) is 0.